The monoisotopic (exact) mass is 275 g/mol. The van der Waals surface area contributed by atoms with Gasteiger partial charge < -0.3 is 15.3 Å². The van der Waals surface area contributed by atoms with Crippen LogP contribution in [0.3, 0.4) is 0 Å². The Bertz CT molecular complexity index is 549. The SMILES string of the molecule is CCN(CCC#N)C(=O)Nc1cc(C(=O)O)ccc1C. The zero-order chi connectivity index (χ0) is 15.1. The van der Waals surface area contributed by atoms with Gasteiger partial charge in [-0.3, -0.25) is 0 Å². The van der Waals surface area contributed by atoms with Gasteiger partial charge in [-0.25, -0.2) is 9.59 Å². The van der Waals surface area contributed by atoms with Gasteiger partial charge in [0.1, 0.15) is 0 Å². The van der Waals surface area contributed by atoms with Crippen molar-refractivity contribution in [2.45, 2.75) is 20.3 Å². The molecule has 0 aromatic heterocycles. The summed E-state index contributed by atoms with van der Waals surface area (Å²) in [5, 5.41) is 20.2. The van der Waals surface area contributed by atoms with Crippen LogP contribution < -0.4 is 5.32 Å². The Morgan fingerprint density at radius 2 is 2.15 bits per heavy atom. The van der Waals surface area contributed by atoms with E-state index in [1.165, 1.54) is 17.0 Å². The smallest absolute Gasteiger partial charge is 0.335 e. The van der Waals surface area contributed by atoms with E-state index in [4.69, 9.17) is 10.4 Å². The number of benzene rings is 1. The topological polar surface area (TPSA) is 93.4 Å². The number of aromatic carboxylic acids is 1. The van der Waals surface area contributed by atoms with E-state index < -0.39 is 5.97 Å². The Morgan fingerprint density at radius 3 is 2.70 bits per heavy atom. The minimum absolute atomic E-state index is 0.117. The van der Waals surface area contributed by atoms with Crippen LogP contribution in [0.25, 0.3) is 0 Å². The van der Waals surface area contributed by atoms with Crippen molar-refractivity contribution >= 4 is 17.7 Å². The predicted octanol–water partition coefficient (Wildman–Crippen LogP) is 2.46. The second-order valence-electron chi connectivity index (χ2n) is 4.25. The lowest BCUT2D eigenvalue weighted by Gasteiger charge is -2.20. The van der Waals surface area contributed by atoms with E-state index in [1.54, 1.807) is 13.0 Å². The number of hydrogen-bond donors (Lipinski definition) is 2. The maximum absolute atomic E-state index is 12.0. The van der Waals surface area contributed by atoms with E-state index >= 15 is 0 Å². The summed E-state index contributed by atoms with van der Waals surface area (Å²) in [6, 6.07) is 6.20. The van der Waals surface area contributed by atoms with Crippen molar-refractivity contribution in [3.05, 3.63) is 29.3 Å². The molecule has 0 aliphatic heterocycles. The van der Waals surface area contributed by atoms with Crippen LogP contribution in [0.15, 0.2) is 18.2 Å². The van der Waals surface area contributed by atoms with Gasteiger partial charge in [0.25, 0.3) is 0 Å². The lowest BCUT2D eigenvalue weighted by atomic mass is 10.1. The molecule has 1 aromatic carbocycles. The van der Waals surface area contributed by atoms with Gasteiger partial charge >= 0.3 is 12.0 Å². The Hall–Kier alpha value is -2.55. The van der Waals surface area contributed by atoms with E-state index in [0.717, 1.165) is 5.56 Å². The quantitative estimate of drug-likeness (QED) is 0.863. The molecule has 0 atom stereocenters. The van der Waals surface area contributed by atoms with Crippen molar-refractivity contribution in [3.8, 4) is 6.07 Å². The molecule has 0 aliphatic rings. The highest BCUT2D eigenvalue weighted by atomic mass is 16.4. The third-order valence-electron chi connectivity index (χ3n) is 2.89. The van der Waals surface area contributed by atoms with E-state index in [-0.39, 0.29) is 18.0 Å². The Morgan fingerprint density at radius 1 is 1.45 bits per heavy atom. The standard InChI is InChI=1S/C14H17N3O3/c1-3-17(8-4-7-15)14(20)16-12-9-11(13(18)19)6-5-10(12)2/h5-6,9H,3-4,8H2,1-2H3,(H,16,20)(H,18,19). The molecular weight excluding hydrogens is 258 g/mol. The summed E-state index contributed by atoms with van der Waals surface area (Å²) in [5.41, 5.74) is 1.36. The number of nitrogens with zero attached hydrogens (tertiary/aromatic N) is 2. The van der Waals surface area contributed by atoms with Crippen LogP contribution in [0.5, 0.6) is 0 Å². The first-order chi connectivity index (χ1) is 9.49. The maximum Gasteiger partial charge on any atom is 0.335 e. The van der Waals surface area contributed by atoms with Gasteiger partial charge in [-0.15, -0.1) is 0 Å². The van der Waals surface area contributed by atoms with Crippen LogP contribution >= 0.6 is 0 Å². The van der Waals surface area contributed by atoms with Gasteiger partial charge in [0.2, 0.25) is 0 Å². The summed E-state index contributed by atoms with van der Waals surface area (Å²) >= 11 is 0. The third-order valence-corrected chi connectivity index (χ3v) is 2.89. The third kappa shape index (κ3) is 3.99. The molecule has 20 heavy (non-hydrogen) atoms. The molecule has 106 valence electrons. The molecule has 0 saturated heterocycles. The number of carbonyl (C=O) groups is 2. The number of hydrogen-bond acceptors (Lipinski definition) is 3. The highest BCUT2D eigenvalue weighted by Gasteiger charge is 2.13. The Labute approximate surface area is 117 Å². The van der Waals surface area contributed by atoms with Crippen molar-refractivity contribution in [2.75, 3.05) is 18.4 Å². The molecule has 0 saturated carbocycles. The van der Waals surface area contributed by atoms with Crippen LogP contribution in [-0.4, -0.2) is 35.1 Å². The molecule has 1 rings (SSSR count). The number of carboxylic acids is 1. The molecule has 2 amide bonds. The number of nitriles is 1. The van der Waals surface area contributed by atoms with Crippen molar-refractivity contribution in [1.82, 2.24) is 4.90 Å². The first-order valence-corrected chi connectivity index (χ1v) is 6.26. The second-order valence-corrected chi connectivity index (χ2v) is 4.25. The number of rotatable bonds is 5. The summed E-state index contributed by atoms with van der Waals surface area (Å²) < 4.78 is 0. The predicted molar refractivity (Wildman–Crippen MR) is 74.6 cm³/mol. The van der Waals surface area contributed by atoms with Crippen molar-refractivity contribution in [3.63, 3.8) is 0 Å². The van der Waals surface area contributed by atoms with Gasteiger partial charge in [0.15, 0.2) is 0 Å². The molecule has 0 bridgehead atoms. The number of carbonyl (C=O) groups excluding carboxylic acids is 1. The number of aryl methyl sites for hydroxylation is 1. The molecule has 0 unspecified atom stereocenters. The van der Waals surface area contributed by atoms with Crippen LogP contribution in [0, 0.1) is 18.3 Å². The number of amides is 2. The normalized spacial score (nSPS) is 9.65. The van der Waals surface area contributed by atoms with E-state index in [2.05, 4.69) is 5.32 Å². The number of carboxylic acid groups (broad SMARTS) is 1. The largest absolute Gasteiger partial charge is 0.478 e. The summed E-state index contributed by atoms with van der Waals surface area (Å²) in [4.78, 5) is 24.5. The van der Waals surface area contributed by atoms with E-state index in [1.807, 2.05) is 13.0 Å². The summed E-state index contributed by atoms with van der Waals surface area (Å²) in [6.07, 6.45) is 0.259. The van der Waals surface area contributed by atoms with Crippen molar-refractivity contribution in [1.29, 1.82) is 5.26 Å². The summed E-state index contributed by atoms with van der Waals surface area (Å²) in [7, 11) is 0. The van der Waals surface area contributed by atoms with Gasteiger partial charge in [-0.05, 0) is 31.5 Å². The molecule has 0 radical (unpaired) electrons. The van der Waals surface area contributed by atoms with Gasteiger partial charge in [-0.1, -0.05) is 6.07 Å². The molecule has 0 heterocycles. The molecule has 1 aromatic rings. The van der Waals surface area contributed by atoms with Crippen LogP contribution in [-0.2, 0) is 0 Å². The molecule has 6 heteroatoms. The van der Waals surface area contributed by atoms with E-state index in [0.29, 0.717) is 18.8 Å². The van der Waals surface area contributed by atoms with Crippen LogP contribution in [0.4, 0.5) is 10.5 Å². The lowest BCUT2D eigenvalue weighted by molar-refractivity contribution is 0.0697. The summed E-state index contributed by atoms with van der Waals surface area (Å²) in [5.74, 6) is -1.04. The fourth-order valence-corrected chi connectivity index (χ4v) is 1.67. The highest BCUT2D eigenvalue weighted by molar-refractivity contribution is 5.94. The molecule has 0 fully saturated rings. The average Bonchev–Trinajstić information content (AvgIpc) is 2.41. The van der Waals surface area contributed by atoms with Gasteiger partial charge in [-0.2, -0.15) is 5.26 Å². The Balaban J connectivity index is 2.86. The van der Waals surface area contributed by atoms with Crippen LogP contribution in [0.2, 0.25) is 0 Å². The first-order valence-electron chi connectivity index (χ1n) is 6.26. The Kier molecular flexibility index (Phi) is 5.54. The number of urea groups is 1. The molecule has 0 aliphatic carbocycles. The second kappa shape index (κ2) is 7.14. The minimum Gasteiger partial charge on any atom is -0.478 e. The molecule has 2 N–H and O–H groups in total. The first kappa shape index (κ1) is 15.5. The zero-order valence-electron chi connectivity index (χ0n) is 11.5. The summed E-state index contributed by atoms with van der Waals surface area (Å²) in [6.45, 7) is 4.42. The minimum atomic E-state index is -1.04. The molecule has 6 nitrogen and oxygen atoms in total. The number of nitrogens with one attached hydrogen (secondary N) is 1. The van der Waals surface area contributed by atoms with Crippen molar-refractivity contribution < 1.29 is 14.7 Å². The highest BCUT2D eigenvalue weighted by Crippen LogP contribution is 2.17. The van der Waals surface area contributed by atoms with Gasteiger partial charge in [0.05, 0.1) is 18.1 Å². The lowest BCUT2D eigenvalue weighted by Crippen LogP contribution is -2.35. The molecular formula is C14H17N3O3. The zero-order valence-corrected chi connectivity index (χ0v) is 11.5. The fraction of sp³-hybridized carbons (Fsp3) is 0.357. The van der Waals surface area contributed by atoms with E-state index in [9.17, 15) is 9.59 Å². The van der Waals surface area contributed by atoms with Crippen LogP contribution in [0.1, 0.15) is 29.3 Å². The molecule has 0 spiro atoms. The maximum atomic E-state index is 12.0. The average molecular weight is 275 g/mol. The number of anilines is 1. The van der Waals surface area contributed by atoms with Crippen molar-refractivity contribution in [2.24, 2.45) is 0 Å². The van der Waals surface area contributed by atoms with Gasteiger partial charge in [0, 0.05) is 18.8 Å². The fourth-order valence-electron chi connectivity index (χ4n) is 1.67.